The van der Waals surface area contributed by atoms with Crippen LogP contribution in [0.1, 0.15) is 25.0 Å². The summed E-state index contributed by atoms with van der Waals surface area (Å²) in [5.74, 6) is 2.25. The molecule has 0 spiro atoms. The lowest BCUT2D eigenvalue weighted by atomic mass is 10.0. The Morgan fingerprint density at radius 1 is 1.30 bits per heavy atom. The van der Waals surface area contributed by atoms with E-state index in [0.717, 1.165) is 23.5 Å². The van der Waals surface area contributed by atoms with E-state index >= 15 is 0 Å². The molecule has 104 valence electrons. The molecule has 0 atom stereocenters. The fourth-order valence-electron chi connectivity index (χ4n) is 2.38. The Hall–Kier alpha value is -1.74. The molecule has 3 nitrogen and oxygen atoms in total. The number of aromatic nitrogens is 1. The molecular weight excluding hydrogens is 274 g/mol. The van der Waals surface area contributed by atoms with Crippen LogP contribution in [-0.2, 0) is 6.42 Å². The van der Waals surface area contributed by atoms with E-state index in [1.165, 1.54) is 5.56 Å². The smallest absolute Gasteiger partial charge is 0.169 e. The van der Waals surface area contributed by atoms with E-state index in [1.807, 2.05) is 19.1 Å². The quantitative estimate of drug-likeness (QED) is 0.760. The lowest BCUT2D eigenvalue weighted by molar-refractivity contribution is 0.135. The summed E-state index contributed by atoms with van der Waals surface area (Å²) in [5.41, 5.74) is 1.92. The molecule has 20 heavy (non-hydrogen) atoms. The zero-order chi connectivity index (χ0) is 14.3. The second-order valence-corrected chi connectivity index (χ2v) is 6.04. The van der Waals surface area contributed by atoms with Crippen LogP contribution < -0.4 is 9.47 Å². The van der Waals surface area contributed by atoms with Crippen LogP contribution in [-0.4, -0.2) is 10.6 Å². The van der Waals surface area contributed by atoms with Crippen LogP contribution in [0.15, 0.2) is 30.5 Å². The summed E-state index contributed by atoms with van der Waals surface area (Å²) in [5, 5.41) is 0.416. The second-order valence-electron chi connectivity index (χ2n) is 5.66. The van der Waals surface area contributed by atoms with Gasteiger partial charge in [-0.15, -0.1) is 0 Å². The van der Waals surface area contributed by atoms with Crippen molar-refractivity contribution >= 4 is 11.6 Å². The van der Waals surface area contributed by atoms with Crippen molar-refractivity contribution in [2.45, 2.75) is 32.8 Å². The Labute approximate surface area is 123 Å². The molecule has 0 aliphatic carbocycles. The van der Waals surface area contributed by atoms with Crippen LogP contribution in [0, 0.1) is 6.92 Å². The molecule has 0 unspecified atom stereocenters. The highest BCUT2D eigenvalue weighted by Crippen LogP contribution is 2.43. The summed E-state index contributed by atoms with van der Waals surface area (Å²) < 4.78 is 12.0. The summed E-state index contributed by atoms with van der Waals surface area (Å²) in [6, 6.07) is 7.69. The van der Waals surface area contributed by atoms with Gasteiger partial charge in [-0.2, -0.15) is 0 Å². The Morgan fingerprint density at radius 2 is 2.10 bits per heavy atom. The highest BCUT2D eigenvalue weighted by molar-refractivity contribution is 6.29. The first-order chi connectivity index (χ1) is 9.44. The molecule has 0 amide bonds. The molecule has 0 saturated carbocycles. The largest absolute Gasteiger partial charge is 0.483 e. The Balaban J connectivity index is 1.97. The first-order valence-electron chi connectivity index (χ1n) is 6.55. The Kier molecular flexibility index (Phi) is 3.09. The van der Waals surface area contributed by atoms with Gasteiger partial charge in [0.25, 0.3) is 0 Å². The van der Waals surface area contributed by atoms with Gasteiger partial charge in [0.2, 0.25) is 0 Å². The molecule has 0 radical (unpaired) electrons. The highest BCUT2D eigenvalue weighted by Gasteiger charge is 2.32. The van der Waals surface area contributed by atoms with Crippen LogP contribution in [0.4, 0.5) is 0 Å². The molecule has 0 fully saturated rings. The van der Waals surface area contributed by atoms with Crippen molar-refractivity contribution in [3.05, 3.63) is 46.7 Å². The third kappa shape index (κ3) is 2.46. The topological polar surface area (TPSA) is 31.4 Å². The van der Waals surface area contributed by atoms with Crippen LogP contribution in [0.5, 0.6) is 17.2 Å². The van der Waals surface area contributed by atoms with Crippen molar-refractivity contribution in [3.63, 3.8) is 0 Å². The lowest BCUT2D eigenvalue weighted by Crippen LogP contribution is -2.24. The van der Waals surface area contributed by atoms with E-state index in [1.54, 1.807) is 12.3 Å². The standard InChI is InChI=1S/C16H16ClNO2/c1-10-9-18-14(17)7-13(10)19-12-6-4-5-11-8-16(2,3)20-15(11)12/h4-7,9H,8H2,1-3H3. The van der Waals surface area contributed by atoms with Gasteiger partial charge < -0.3 is 9.47 Å². The van der Waals surface area contributed by atoms with E-state index in [-0.39, 0.29) is 5.60 Å². The minimum Gasteiger partial charge on any atom is -0.483 e. The van der Waals surface area contributed by atoms with Crippen molar-refractivity contribution in [3.8, 4) is 17.2 Å². The molecule has 1 aromatic carbocycles. The van der Waals surface area contributed by atoms with Gasteiger partial charge >= 0.3 is 0 Å². The first kappa shape index (κ1) is 13.3. The predicted octanol–water partition coefficient (Wildman–Crippen LogP) is 4.55. The molecule has 0 N–H and O–H groups in total. The fraction of sp³-hybridized carbons (Fsp3) is 0.312. The zero-order valence-corrected chi connectivity index (χ0v) is 12.5. The number of rotatable bonds is 2. The van der Waals surface area contributed by atoms with E-state index in [2.05, 4.69) is 24.9 Å². The van der Waals surface area contributed by atoms with Gasteiger partial charge in [-0.3, -0.25) is 0 Å². The summed E-state index contributed by atoms with van der Waals surface area (Å²) in [6.07, 6.45) is 2.58. The molecule has 3 rings (SSSR count). The maximum atomic E-state index is 5.99. The number of ether oxygens (including phenoxy) is 2. The average Bonchev–Trinajstić information content (AvgIpc) is 2.69. The highest BCUT2D eigenvalue weighted by atomic mass is 35.5. The number of hydrogen-bond acceptors (Lipinski definition) is 3. The molecule has 0 bridgehead atoms. The lowest BCUT2D eigenvalue weighted by Gasteiger charge is -2.18. The van der Waals surface area contributed by atoms with Gasteiger partial charge in [0.1, 0.15) is 16.5 Å². The number of nitrogens with zero attached hydrogens (tertiary/aromatic N) is 1. The van der Waals surface area contributed by atoms with E-state index in [4.69, 9.17) is 21.1 Å². The molecule has 0 saturated heterocycles. The summed E-state index contributed by atoms with van der Waals surface area (Å²) in [6.45, 7) is 6.09. The van der Waals surface area contributed by atoms with Crippen molar-refractivity contribution in [2.75, 3.05) is 0 Å². The number of halogens is 1. The molecule has 4 heteroatoms. The maximum Gasteiger partial charge on any atom is 0.169 e. The van der Waals surface area contributed by atoms with Crippen molar-refractivity contribution in [2.24, 2.45) is 0 Å². The third-order valence-electron chi connectivity index (χ3n) is 3.30. The Morgan fingerprint density at radius 3 is 2.90 bits per heavy atom. The molecule has 2 heterocycles. The zero-order valence-electron chi connectivity index (χ0n) is 11.7. The third-order valence-corrected chi connectivity index (χ3v) is 3.50. The van der Waals surface area contributed by atoms with E-state index < -0.39 is 0 Å². The van der Waals surface area contributed by atoms with Crippen LogP contribution in [0.3, 0.4) is 0 Å². The number of pyridine rings is 1. The monoisotopic (exact) mass is 289 g/mol. The first-order valence-corrected chi connectivity index (χ1v) is 6.93. The number of benzene rings is 1. The summed E-state index contributed by atoms with van der Waals surface area (Å²) >= 11 is 5.92. The SMILES string of the molecule is Cc1cnc(Cl)cc1Oc1cccc2c1OC(C)(C)C2. The molecular formula is C16H16ClNO2. The van der Waals surface area contributed by atoms with Gasteiger partial charge in [0.15, 0.2) is 11.5 Å². The minimum absolute atomic E-state index is 0.188. The van der Waals surface area contributed by atoms with E-state index in [9.17, 15) is 0 Å². The minimum atomic E-state index is -0.188. The molecule has 1 aliphatic heterocycles. The van der Waals surface area contributed by atoms with Gasteiger partial charge in [-0.1, -0.05) is 23.7 Å². The van der Waals surface area contributed by atoms with Gasteiger partial charge in [0.05, 0.1) is 0 Å². The van der Waals surface area contributed by atoms with E-state index in [0.29, 0.717) is 10.9 Å². The number of fused-ring (bicyclic) bond motifs is 1. The van der Waals surface area contributed by atoms with Gasteiger partial charge in [-0.25, -0.2) is 4.98 Å². The number of hydrogen-bond donors (Lipinski definition) is 0. The maximum absolute atomic E-state index is 5.99. The van der Waals surface area contributed by atoms with Gasteiger partial charge in [0, 0.05) is 29.8 Å². The summed E-state index contributed by atoms with van der Waals surface area (Å²) in [4.78, 5) is 4.03. The number of aryl methyl sites for hydroxylation is 1. The molecule has 1 aromatic heterocycles. The molecule has 2 aromatic rings. The second kappa shape index (κ2) is 4.67. The predicted molar refractivity (Wildman–Crippen MR) is 78.9 cm³/mol. The Bertz CT molecular complexity index is 668. The van der Waals surface area contributed by atoms with Crippen LogP contribution >= 0.6 is 11.6 Å². The van der Waals surface area contributed by atoms with Crippen molar-refractivity contribution < 1.29 is 9.47 Å². The van der Waals surface area contributed by atoms with Crippen LogP contribution in [0.25, 0.3) is 0 Å². The fourth-order valence-corrected chi connectivity index (χ4v) is 2.53. The number of para-hydroxylation sites is 1. The van der Waals surface area contributed by atoms with Crippen molar-refractivity contribution in [1.82, 2.24) is 4.98 Å². The summed E-state index contributed by atoms with van der Waals surface area (Å²) in [7, 11) is 0. The normalized spacial score (nSPS) is 15.6. The molecule has 1 aliphatic rings. The van der Waals surface area contributed by atoms with Crippen LogP contribution in [0.2, 0.25) is 5.15 Å². The van der Waals surface area contributed by atoms with Crippen molar-refractivity contribution in [1.29, 1.82) is 0 Å². The average molecular weight is 290 g/mol. The van der Waals surface area contributed by atoms with Gasteiger partial charge in [-0.05, 0) is 26.8 Å².